The minimum atomic E-state index is -0.129. The van der Waals surface area contributed by atoms with Crippen molar-refractivity contribution >= 4 is 34.3 Å². The maximum atomic E-state index is 9.19. The second-order valence-corrected chi connectivity index (χ2v) is 6.46. The van der Waals surface area contributed by atoms with E-state index >= 15 is 0 Å². The molecule has 0 amide bonds. The summed E-state index contributed by atoms with van der Waals surface area (Å²) in [6.07, 6.45) is 1.61. The second kappa shape index (κ2) is 7.26. The van der Waals surface area contributed by atoms with Crippen molar-refractivity contribution in [3.05, 3.63) is 71.5 Å². The average molecular weight is 381 g/mol. The molecule has 0 unspecified atom stereocenters. The summed E-state index contributed by atoms with van der Waals surface area (Å²) in [5, 5.41) is 13.2. The first kappa shape index (κ1) is 17.3. The Morgan fingerprint density at radius 3 is 2.63 bits per heavy atom. The van der Waals surface area contributed by atoms with Gasteiger partial charge in [0.05, 0.1) is 23.3 Å². The molecule has 0 radical (unpaired) electrons. The number of hydrogen-bond acceptors (Lipinski definition) is 5. The molecule has 0 atom stereocenters. The number of anilines is 2. The molecule has 136 valence electrons. The quantitative estimate of drug-likeness (QED) is 0.527. The van der Waals surface area contributed by atoms with Crippen LogP contribution in [0.15, 0.2) is 60.8 Å². The summed E-state index contributed by atoms with van der Waals surface area (Å²) in [7, 11) is 1.95. The van der Waals surface area contributed by atoms with Gasteiger partial charge in [0.15, 0.2) is 0 Å². The Bertz CT molecular complexity index is 1090. The molecule has 0 bridgehead atoms. The second-order valence-electron chi connectivity index (χ2n) is 6.02. The number of rotatable bonds is 5. The van der Waals surface area contributed by atoms with E-state index in [9.17, 15) is 5.11 Å². The summed E-state index contributed by atoms with van der Waals surface area (Å²) in [5.74, 6) is 1.99. The van der Waals surface area contributed by atoms with Crippen molar-refractivity contribution in [2.45, 2.75) is 6.61 Å². The molecule has 2 aromatic carbocycles. The molecule has 2 N–H and O–H groups in total. The normalized spacial score (nSPS) is 10.9. The van der Waals surface area contributed by atoms with Crippen LogP contribution in [0.3, 0.4) is 0 Å². The zero-order valence-electron chi connectivity index (χ0n) is 14.6. The molecule has 0 saturated carbocycles. The van der Waals surface area contributed by atoms with Gasteiger partial charge in [0.1, 0.15) is 11.5 Å². The van der Waals surface area contributed by atoms with E-state index in [0.717, 1.165) is 22.7 Å². The lowest BCUT2D eigenvalue weighted by Gasteiger charge is -2.07. The van der Waals surface area contributed by atoms with Gasteiger partial charge in [-0.3, -0.25) is 4.98 Å². The first-order chi connectivity index (χ1) is 13.1. The number of aliphatic hydroxyl groups excluding tert-OH is 1. The van der Waals surface area contributed by atoms with Crippen LogP contribution >= 0.6 is 11.6 Å². The lowest BCUT2D eigenvalue weighted by atomic mass is 10.3. The van der Waals surface area contributed by atoms with Gasteiger partial charge in [-0.25, -0.2) is 4.98 Å². The largest absolute Gasteiger partial charge is 0.457 e. The van der Waals surface area contributed by atoms with Crippen molar-refractivity contribution in [2.75, 3.05) is 5.32 Å². The summed E-state index contributed by atoms with van der Waals surface area (Å²) in [6, 6.07) is 16.6. The van der Waals surface area contributed by atoms with Gasteiger partial charge in [0.2, 0.25) is 5.95 Å². The summed E-state index contributed by atoms with van der Waals surface area (Å²) >= 11 is 5.93. The number of hydrogen-bond donors (Lipinski definition) is 2. The lowest BCUT2D eigenvalue weighted by molar-refractivity contribution is 0.276. The average Bonchev–Trinajstić information content (AvgIpc) is 2.99. The molecule has 0 fully saturated rings. The topological polar surface area (TPSA) is 72.2 Å². The highest BCUT2D eigenvalue weighted by Crippen LogP contribution is 2.28. The Labute approximate surface area is 161 Å². The maximum Gasteiger partial charge on any atom is 0.208 e. The Kier molecular flexibility index (Phi) is 4.66. The number of nitrogens with zero attached hydrogens (tertiary/aromatic N) is 3. The van der Waals surface area contributed by atoms with E-state index in [1.165, 1.54) is 0 Å². The Morgan fingerprint density at radius 2 is 1.85 bits per heavy atom. The van der Waals surface area contributed by atoms with Crippen LogP contribution in [0.1, 0.15) is 5.69 Å². The fourth-order valence-electron chi connectivity index (χ4n) is 2.76. The molecule has 6 nitrogen and oxygen atoms in total. The predicted octanol–water partition coefficient (Wildman–Crippen LogP) is 4.65. The molecule has 0 spiro atoms. The molecule has 0 aliphatic rings. The Hall–Kier alpha value is -3.09. The molecule has 0 aliphatic heterocycles. The van der Waals surface area contributed by atoms with Crippen molar-refractivity contribution in [1.82, 2.24) is 14.5 Å². The van der Waals surface area contributed by atoms with Gasteiger partial charge in [-0.2, -0.15) is 0 Å². The van der Waals surface area contributed by atoms with Crippen LogP contribution in [0, 0.1) is 0 Å². The first-order valence-electron chi connectivity index (χ1n) is 8.35. The van der Waals surface area contributed by atoms with Crippen LogP contribution in [0.5, 0.6) is 11.5 Å². The molecule has 0 saturated heterocycles. The zero-order chi connectivity index (χ0) is 18.8. The van der Waals surface area contributed by atoms with Gasteiger partial charge < -0.3 is 19.7 Å². The summed E-state index contributed by atoms with van der Waals surface area (Å²) in [4.78, 5) is 8.70. The van der Waals surface area contributed by atoms with Crippen LogP contribution in [0.2, 0.25) is 5.02 Å². The highest BCUT2D eigenvalue weighted by molar-refractivity contribution is 6.30. The fourth-order valence-corrected chi connectivity index (χ4v) is 2.89. The van der Waals surface area contributed by atoms with Crippen LogP contribution < -0.4 is 10.1 Å². The van der Waals surface area contributed by atoms with Gasteiger partial charge in [-0.15, -0.1) is 0 Å². The molecule has 2 aromatic heterocycles. The standard InChI is InChI=1S/C20H17ClN4O2/c1-25-19-7-6-16(27-17-8-9-22-15(10-17)12-26)11-18(19)24-20(25)23-14-4-2-13(21)3-5-14/h2-11,26H,12H2,1H3,(H,23,24). The third kappa shape index (κ3) is 3.72. The lowest BCUT2D eigenvalue weighted by Crippen LogP contribution is -1.98. The number of ether oxygens (including phenoxy) is 1. The van der Waals surface area contributed by atoms with Crippen molar-refractivity contribution in [1.29, 1.82) is 0 Å². The molecule has 4 rings (SSSR count). The summed E-state index contributed by atoms with van der Waals surface area (Å²) in [6.45, 7) is -0.129. The highest BCUT2D eigenvalue weighted by atomic mass is 35.5. The van der Waals surface area contributed by atoms with E-state index in [4.69, 9.17) is 16.3 Å². The SMILES string of the molecule is Cn1c(Nc2ccc(Cl)cc2)nc2cc(Oc3ccnc(CO)c3)ccc21. The minimum Gasteiger partial charge on any atom is -0.457 e. The van der Waals surface area contributed by atoms with E-state index in [1.807, 2.05) is 54.1 Å². The number of aryl methyl sites for hydroxylation is 1. The molecule has 4 aromatic rings. The van der Waals surface area contributed by atoms with Gasteiger partial charge in [0, 0.05) is 36.1 Å². The number of fused-ring (bicyclic) bond motifs is 1. The third-order valence-corrected chi connectivity index (χ3v) is 4.39. The van der Waals surface area contributed by atoms with Gasteiger partial charge in [-0.05, 0) is 42.5 Å². The first-order valence-corrected chi connectivity index (χ1v) is 8.73. The maximum absolute atomic E-state index is 9.19. The van der Waals surface area contributed by atoms with Gasteiger partial charge >= 0.3 is 0 Å². The predicted molar refractivity (Wildman–Crippen MR) is 106 cm³/mol. The summed E-state index contributed by atoms with van der Waals surface area (Å²) in [5.41, 5.74) is 3.25. The van der Waals surface area contributed by atoms with E-state index in [0.29, 0.717) is 22.2 Å². The molecule has 0 aliphatic carbocycles. The minimum absolute atomic E-state index is 0.129. The van der Waals surface area contributed by atoms with E-state index < -0.39 is 0 Å². The van der Waals surface area contributed by atoms with E-state index in [2.05, 4.69) is 15.3 Å². The molecular formula is C20H17ClN4O2. The third-order valence-electron chi connectivity index (χ3n) is 4.14. The Balaban J connectivity index is 1.61. The number of benzene rings is 2. The molecule has 27 heavy (non-hydrogen) atoms. The van der Waals surface area contributed by atoms with Crippen molar-refractivity contribution in [3.63, 3.8) is 0 Å². The Morgan fingerprint density at radius 1 is 1.07 bits per heavy atom. The van der Waals surface area contributed by atoms with Crippen LogP contribution in [0.4, 0.5) is 11.6 Å². The van der Waals surface area contributed by atoms with Crippen molar-refractivity contribution in [3.8, 4) is 11.5 Å². The zero-order valence-corrected chi connectivity index (χ0v) is 15.3. The monoisotopic (exact) mass is 380 g/mol. The molecule has 2 heterocycles. The van der Waals surface area contributed by atoms with Crippen molar-refractivity contribution in [2.24, 2.45) is 7.05 Å². The molecule has 7 heteroatoms. The number of halogens is 1. The van der Waals surface area contributed by atoms with Crippen molar-refractivity contribution < 1.29 is 9.84 Å². The van der Waals surface area contributed by atoms with Gasteiger partial charge in [0.25, 0.3) is 0 Å². The summed E-state index contributed by atoms with van der Waals surface area (Å²) < 4.78 is 7.85. The van der Waals surface area contributed by atoms with Crippen LogP contribution in [0.25, 0.3) is 11.0 Å². The number of nitrogens with one attached hydrogen (secondary N) is 1. The fraction of sp³-hybridized carbons (Fsp3) is 0.100. The van der Waals surface area contributed by atoms with Crippen LogP contribution in [-0.2, 0) is 13.7 Å². The molecular weight excluding hydrogens is 364 g/mol. The van der Waals surface area contributed by atoms with E-state index in [-0.39, 0.29) is 6.61 Å². The highest BCUT2D eigenvalue weighted by Gasteiger charge is 2.10. The smallest absolute Gasteiger partial charge is 0.208 e. The number of imidazole rings is 1. The van der Waals surface area contributed by atoms with Crippen LogP contribution in [-0.4, -0.2) is 19.6 Å². The number of aliphatic hydroxyl groups is 1. The van der Waals surface area contributed by atoms with E-state index in [1.54, 1.807) is 18.3 Å². The number of aromatic nitrogens is 3. The van der Waals surface area contributed by atoms with Gasteiger partial charge in [-0.1, -0.05) is 11.6 Å². The number of pyridine rings is 1.